The molecular weight excluding hydrogens is 408 g/mol. The molecule has 0 unspecified atom stereocenters. The van der Waals surface area contributed by atoms with E-state index in [1.54, 1.807) is 0 Å². The Hall–Kier alpha value is -3.22. The molecule has 2 aromatic rings. The van der Waals surface area contributed by atoms with Gasteiger partial charge < -0.3 is 18.9 Å². The van der Waals surface area contributed by atoms with Crippen LogP contribution in [0.2, 0.25) is 0 Å². The van der Waals surface area contributed by atoms with Crippen LogP contribution in [0.4, 0.5) is 0 Å². The van der Waals surface area contributed by atoms with Crippen molar-refractivity contribution in [1.82, 2.24) is 0 Å². The first-order valence-electron chi connectivity index (χ1n) is 10.5. The van der Waals surface area contributed by atoms with E-state index < -0.39 is 36.0 Å². The monoisotopic (exact) mass is 434 g/mol. The average molecular weight is 434 g/mol. The Morgan fingerprint density at radius 1 is 0.656 bits per heavy atom. The maximum Gasteiger partial charge on any atom is 0.335 e. The van der Waals surface area contributed by atoms with E-state index >= 15 is 0 Å². The molecule has 3 aliphatic carbocycles. The largest absolute Gasteiger partial charge is 0.466 e. The molecule has 0 amide bonds. The Kier molecular flexibility index (Phi) is 6.83. The van der Waals surface area contributed by atoms with Crippen molar-refractivity contribution in [1.29, 1.82) is 0 Å². The smallest absolute Gasteiger partial charge is 0.335 e. The van der Waals surface area contributed by atoms with Crippen molar-refractivity contribution in [3.63, 3.8) is 0 Å². The Morgan fingerprint density at radius 2 is 1.03 bits per heavy atom. The molecule has 2 bridgehead atoms. The van der Waals surface area contributed by atoms with Gasteiger partial charge in [-0.2, -0.15) is 0 Å². The summed E-state index contributed by atoms with van der Waals surface area (Å²) in [6, 6.07) is 19.6. The third-order valence-electron chi connectivity index (χ3n) is 5.90. The molecule has 2 aromatic carbocycles. The zero-order valence-electron chi connectivity index (χ0n) is 18.1. The number of hydrogen-bond donors (Lipinski definition) is 0. The molecular formula is C26H26O6. The van der Waals surface area contributed by atoms with Gasteiger partial charge in [0.05, 0.1) is 50.8 Å². The van der Waals surface area contributed by atoms with Crippen LogP contribution in [-0.4, -0.2) is 38.4 Å². The molecule has 0 N–H and O–H groups in total. The van der Waals surface area contributed by atoms with E-state index in [2.05, 4.69) is 0 Å². The van der Waals surface area contributed by atoms with Crippen LogP contribution in [0.25, 0.3) is 0 Å². The minimum Gasteiger partial charge on any atom is -0.466 e. The summed E-state index contributed by atoms with van der Waals surface area (Å²) in [6.45, 7) is 0.714. The number of rotatable bonds is 8. The van der Waals surface area contributed by atoms with Gasteiger partial charge in [0.2, 0.25) is 0 Å². The lowest BCUT2D eigenvalue weighted by atomic mass is 9.67. The molecule has 0 radical (unpaired) electrons. The predicted molar refractivity (Wildman–Crippen MR) is 117 cm³/mol. The van der Waals surface area contributed by atoms with Gasteiger partial charge in [0.15, 0.2) is 0 Å². The van der Waals surface area contributed by atoms with Crippen LogP contribution >= 0.6 is 0 Å². The first-order valence-corrected chi connectivity index (χ1v) is 10.5. The Bertz CT molecular complexity index is 930. The number of hydrogen-bond acceptors (Lipinski definition) is 6. The molecule has 0 aliphatic heterocycles. The van der Waals surface area contributed by atoms with E-state index in [9.17, 15) is 9.59 Å². The van der Waals surface area contributed by atoms with Crippen molar-refractivity contribution < 1.29 is 28.5 Å². The minimum absolute atomic E-state index is 0.282. The van der Waals surface area contributed by atoms with E-state index in [4.69, 9.17) is 18.9 Å². The summed E-state index contributed by atoms with van der Waals surface area (Å²) >= 11 is 0. The lowest BCUT2D eigenvalue weighted by molar-refractivity contribution is -0.149. The lowest BCUT2D eigenvalue weighted by Crippen LogP contribution is -2.52. The van der Waals surface area contributed by atoms with E-state index in [-0.39, 0.29) is 11.1 Å². The van der Waals surface area contributed by atoms with Crippen LogP contribution in [-0.2, 0) is 41.8 Å². The van der Waals surface area contributed by atoms with Crippen molar-refractivity contribution in [2.24, 2.45) is 11.8 Å². The van der Waals surface area contributed by atoms with Crippen molar-refractivity contribution in [3.8, 4) is 0 Å². The van der Waals surface area contributed by atoms with Crippen LogP contribution in [0.3, 0.4) is 0 Å². The molecule has 0 fully saturated rings. The van der Waals surface area contributed by atoms with Gasteiger partial charge in [-0.1, -0.05) is 72.8 Å². The van der Waals surface area contributed by atoms with Crippen LogP contribution < -0.4 is 0 Å². The molecule has 4 atom stereocenters. The summed E-state index contributed by atoms with van der Waals surface area (Å²) in [5.41, 5.74) is 2.59. The number of ether oxygens (including phenoxy) is 4. The van der Waals surface area contributed by atoms with E-state index in [0.717, 1.165) is 11.1 Å². The van der Waals surface area contributed by atoms with Crippen molar-refractivity contribution in [2.45, 2.75) is 25.4 Å². The van der Waals surface area contributed by atoms with E-state index in [1.165, 1.54) is 14.2 Å². The zero-order valence-corrected chi connectivity index (χ0v) is 18.1. The summed E-state index contributed by atoms with van der Waals surface area (Å²) in [7, 11) is 2.61. The number of benzene rings is 2. The van der Waals surface area contributed by atoms with Crippen LogP contribution in [0.1, 0.15) is 11.1 Å². The summed E-state index contributed by atoms with van der Waals surface area (Å²) in [4.78, 5) is 25.4. The second-order valence-corrected chi connectivity index (χ2v) is 7.77. The third-order valence-corrected chi connectivity index (χ3v) is 5.90. The Morgan fingerprint density at radius 3 is 1.38 bits per heavy atom. The molecule has 0 saturated heterocycles. The molecule has 3 aliphatic rings. The highest BCUT2D eigenvalue weighted by Gasteiger charge is 2.51. The van der Waals surface area contributed by atoms with Gasteiger partial charge >= 0.3 is 11.9 Å². The number of carbonyl (C=O) groups excluding carboxylic acids is 2. The highest BCUT2D eigenvalue weighted by Crippen LogP contribution is 2.45. The summed E-state index contributed by atoms with van der Waals surface area (Å²) in [5.74, 6) is -2.07. The molecule has 6 heteroatoms. The average Bonchev–Trinajstić information content (AvgIpc) is 2.86. The van der Waals surface area contributed by atoms with Crippen molar-refractivity contribution in [3.05, 3.63) is 95.1 Å². The third kappa shape index (κ3) is 4.38. The quantitative estimate of drug-likeness (QED) is 0.467. The number of carbonyl (C=O) groups is 2. The van der Waals surface area contributed by atoms with Crippen LogP contribution in [0, 0.1) is 11.8 Å². The molecule has 32 heavy (non-hydrogen) atoms. The second-order valence-electron chi connectivity index (χ2n) is 7.77. The molecule has 166 valence electrons. The summed E-state index contributed by atoms with van der Waals surface area (Å²) in [6.07, 6.45) is 2.89. The number of methoxy groups -OCH3 is 2. The van der Waals surface area contributed by atoms with Crippen LogP contribution in [0.5, 0.6) is 0 Å². The fourth-order valence-corrected chi connectivity index (χ4v) is 4.39. The highest BCUT2D eigenvalue weighted by molar-refractivity contribution is 6.02. The molecule has 0 aromatic heterocycles. The summed E-state index contributed by atoms with van der Waals surface area (Å²) < 4.78 is 22.7. The van der Waals surface area contributed by atoms with Gasteiger partial charge in [0, 0.05) is 11.8 Å². The SMILES string of the molecule is COC(=O)C1=C(C(=O)OC)[C@@H]2C=C[C@H]1[C@H](OCc1ccccc1)[C@H]2OCc1ccccc1. The minimum atomic E-state index is -0.556. The summed E-state index contributed by atoms with van der Waals surface area (Å²) in [5, 5.41) is 0. The molecule has 0 spiro atoms. The predicted octanol–water partition coefficient (Wildman–Crippen LogP) is 3.62. The van der Waals surface area contributed by atoms with Gasteiger partial charge in [-0.25, -0.2) is 9.59 Å². The first kappa shape index (κ1) is 22.0. The standard InChI is InChI=1S/C26H26O6/c1-29-25(27)21-19-13-14-20(22(21)26(28)30-2)24(32-16-18-11-7-4-8-12-18)23(19)31-15-17-9-5-3-6-10-17/h3-14,19-20,23-24H,15-16H2,1-2H3/t19-,20+,23-,24-/m0/s1. The van der Waals surface area contributed by atoms with Crippen LogP contribution in [0.15, 0.2) is 84.0 Å². The zero-order chi connectivity index (χ0) is 22.5. The van der Waals surface area contributed by atoms with Gasteiger partial charge in [-0.15, -0.1) is 0 Å². The number of fused-ring (bicyclic) bond motifs is 1. The molecule has 0 saturated carbocycles. The van der Waals surface area contributed by atoms with Gasteiger partial charge in [-0.3, -0.25) is 0 Å². The lowest BCUT2D eigenvalue weighted by Gasteiger charge is -2.45. The molecule has 0 heterocycles. The molecule has 5 rings (SSSR count). The van der Waals surface area contributed by atoms with E-state index in [0.29, 0.717) is 13.2 Å². The Labute approximate surface area is 187 Å². The first-order chi connectivity index (χ1) is 15.6. The van der Waals surface area contributed by atoms with Gasteiger partial charge in [-0.05, 0) is 11.1 Å². The highest BCUT2D eigenvalue weighted by atomic mass is 16.5. The number of esters is 2. The maximum atomic E-state index is 12.7. The normalized spacial score (nSPS) is 23.8. The van der Waals surface area contributed by atoms with E-state index in [1.807, 2.05) is 72.8 Å². The van der Waals surface area contributed by atoms with Crippen molar-refractivity contribution >= 4 is 11.9 Å². The van der Waals surface area contributed by atoms with Crippen molar-refractivity contribution in [2.75, 3.05) is 14.2 Å². The fraction of sp³-hybridized carbons (Fsp3) is 0.308. The maximum absolute atomic E-state index is 12.7. The van der Waals surface area contributed by atoms with Gasteiger partial charge in [0.1, 0.15) is 0 Å². The second kappa shape index (κ2) is 9.94. The topological polar surface area (TPSA) is 71.1 Å². The fourth-order valence-electron chi connectivity index (χ4n) is 4.39. The van der Waals surface area contributed by atoms with Gasteiger partial charge in [0.25, 0.3) is 0 Å². The Balaban J connectivity index is 1.67. The molecule has 6 nitrogen and oxygen atoms in total.